The standard InChI is InChI=1S/C28H34O3/c1-19(2)16-23-15-14-22(20(3)4)17-25(23)27-26(29)18-24(31-28(27)30)13-9-8-12-21-10-6-5-7-11-21/h5-7,10-11,14-15,17-20,29H,8-9,12-13,16H2,1-4H3. The van der Waals surface area contributed by atoms with Crippen LogP contribution in [0.25, 0.3) is 11.1 Å². The molecule has 31 heavy (non-hydrogen) atoms. The second kappa shape index (κ2) is 10.5. The Balaban J connectivity index is 1.81. The minimum atomic E-state index is -0.455. The Morgan fingerprint density at radius 1 is 0.903 bits per heavy atom. The molecule has 3 heteroatoms. The monoisotopic (exact) mass is 418 g/mol. The van der Waals surface area contributed by atoms with Gasteiger partial charge in [-0.2, -0.15) is 0 Å². The molecule has 3 rings (SSSR count). The Kier molecular flexibility index (Phi) is 7.73. The lowest BCUT2D eigenvalue weighted by Crippen LogP contribution is -2.09. The van der Waals surface area contributed by atoms with Crippen LogP contribution < -0.4 is 5.63 Å². The molecule has 164 valence electrons. The zero-order valence-corrected chi connectivity index (χ0v) is 19.2. The van der Waals surface area contributed by atoms with Crippen molar-refractivity contribution in [1.29, 1.82) is 0 Å². The normalized spacial score (nSPS) is 11.4. The molecule has 0 saturated heterocycles. The van der Waals surface area contributed by atoms with Crippen molar-refractivity contribution in [3.63, 3.8) is 0 Å². The highest BCUT2D eigenvalue weighted by atomic mass is 16.4. The first-order chi connectivity index (χ1) is 14.8. The lowest BCUT2D eigenvalue weighted by Gasteiger charge is -2.16. The Labute approximate surface area is 185 Å². The van der Waals surface area contributed by atoms with Crippen molar-refractivity contribution in [2.45, 2.75) is 65.7 Å². The molecule has 0 aliphatic heterocycles. The lowest BCUT2D eigenvalue weighted by molar-refractivity contribution is 0.422. The average Bonchev–Trinajstić information content (AvgIpc) is 2.72. The van der Waals surface area contributed by atoms with Crippen molar-refractivity contribution in [2.75, 3.05) is 0 Å². The summed E-state index contributed by atoms with van der Waals surface area (Å²) in [6, 6.07) is 18.2. The van der Waals surface area contributed by atoms with Gasteiger partial charge in [-0.15, -0.1) is 0 Å². The number of aromatic hydroxyl groups is 1. The maximum atomic E-state index is 12.9. The molecule has 0 radical (unpaired) electrons. The smallest absolute Gasteiger partial charge is 0.347 e. The van der Waals surface area contributed by atoms with Crippen molar-refractivity contribution in [3.8, 4) is 16.9 Å². The fourth-order valence-corrected chi connectivity index (χ4v) is 3.98. The van der Waals surface area contributed by atoms with Gasteiger partial charge in [-0.1, -0.05) is 76.2 Å². The predicted molar refractivity (Wildman–Crippen MR) is 128 cm³/mol. The molecule has 0 unspecified atom stereocenters. The number of unbranched alkanes of at least 4 members (excludes halogenated alkanes) is 1. The highest BCUT2D eigenvalue weighted by Crippen LogP contribution is 2.33. The second-order valence-corrected chi connectivity index (χ2v) is 9.12. The minimum absolute atomic E-state index is 0.0141. The molecule has 0 saturated carbocycles. The van der Waals surface area contributed by atoms with Crippen LogP contribution in [0.2, 0.25) is 0 Å². The van der Waals surface area contributed by atoms with Crippen molar-refractivity contribution in [1.82, 2.24) is 0 Å². The van der Waals surface area contributed by atoms with Gasteiger partial charge in [0.05, 0.1) is 0 Å². The van der Waals surface area contributed by atoms with E-state index in [0.29, 0.717) is 24.0 Å². The largest absolute Gasteiger partial charge is 0.507 e. The van der Waals surface area contributed by atoms with Crippen LogP contribution in [0.3, 0.4) is 0 Å². The highest BCUT2D eigenvalue weighted by Gasteiger charge is 2.18. The summed E-state index contributed by atoms with van der Waals surface area (Å²) in [6.45, 7) is 8.56. The summed E-state index contributed by atoms with van der Waals surface area (Å²) in [5.41, 5.74) is 4.14. The fraction of sp³-hybridized carbons (Fsp3) is 0.393. The number of rotatable bonds is 9. The second-order valence-electron chi connectivity index (χ2n) is 9.12. The molecule has 0 fully saturated rings. The van der Waals surface area contributed by atoms with E-state index in [1.165, 1.54) is 5.56 Å². The lowest BCUT2D eigenvalue weighted by atomic mass is 9.90. The van der Waals surface area contributed by atoms with Gasteiger partial charge in [-0.05, 0) is 59.8 Å². The molecule has 3 nitrogen and oxygen atoms in total. The highest BCUT2D eigenvalue weighted by molar-refractivity contribution is 5.73. The van der Waals surface area contributed by atoms with Crippen molar-refractivity contribution >= 4 is 0 Å². The van der Waals surface area contributed by atoms with Crippen LogP contribution in [0.1, 0.15) is 68.9 Å². The van der Waals surface area contributed by atoms with E-state index in [1.807, 2.05) is 24.3 Å². The first-order valence-electron chi connectivity index (χ1n) is 11.4. The number of hydrogen-bond acceptors (Lipinski definition) is 3. The summed E-state index contributed by atoms with van der Waals surface area (Å²) in [7, 11) is 0. The molecule has 1 heterocycles. The maximum absolute atomic E-state index is 12.9. The Bertz CT molecular complexity index is 1050. The third-order valence-corrected chi connectivity index (χ3v) is 5.66. The first-order valence-corrected chi connectivity index (χ1v) is 11.4. The third-order valence-electron chi connectivity index (χ3n) is 5.66. The fourth-order valence-electron chi connectivity index (χ4n) is 3.98. The molecule has 0 aliphatic carbocycles. The average molecular weight is 419 g/mol. The number of aryl methyl sites for hydroxylation is 2. The van der Waals surface area contributed by atoms with Gasteiger partial charge in [0.2, 0.25) is 0 Å². The topological polar surface area (TPSA) is 50.4 Å². The van der Waals surface area contributed by atoms with Crippen LogP contribution in [-0.2, 0) is 19.3 Å². The van der Waals surface area contributed by atoms with Gasteiger partial charge in [-0.3, -0.25) is 0 Å². The molecule has 0 spiro atoms. The van der Waals surface area contributed by atoms with E-state index >= 15 is 0 Å². The quantitative estimate of drug-likeness (QED) is 0.385. The maximum Gasteiger partial charge on any atom is 0.347 e. The van der Waals surface area contributed by atoms with Crippen LogP contribution in [0.5, 0.6) is 5.75 Å². The summed E-state index contributed by atoms with van der Waals surface area (Å²) >= 11 is 0. The van der Waals surface area contributed by atoms with E-state index in [9.17, 15) is 9.90 Å². The molecular weight excluding hydrogens is 384 g/mol. The Morgan fingerprint density at radius 2 is 1.61 bits per heavy atom. The van der Waals surface area contributed by atoms with Gasteiger partial charge in [0.1, 0.15) is 17.1 Å². The van der Waals surface area contributed by atoms with Gasteiger partial charge >= 0.3 is 5.63 Å². The Morgan fingerprint density at radius 3 is 2.26 bits per heavy atom. The summed E-state index contributed by atoms with van der Waals surface area (Å²) in [4.78, 5) is 12.9. The molecule has 0 atom stereocenters. The molecular formula is C28H34O3. The van der Waals surface area contributed by atoms with E-state index in [-0.39, 0.29) is 11.3 Å². The predicted octanol–water partition coefficient (Wildman–Crippen LogP) is 6.90. The molecule has 1 N–H and O–H groups in total. The summed E-state index contributed by atoms with van der Waals surface area (Å²) < 4.78 is 5.64. The molecule has 1 aromatic heterocycles. The summed E-state index contributed by atoms with van der Waals surface area (Å²) in [5.74, 6) is 1.34. The van der Waals surface area contributed by atoms with E-state index in [0.717, 1.165) is 42.4 Å². The molecule has 0 amide bonds. The van der Waals surface area contributed by atoms with Gasteiger partial charge in [0.15, 0.2) is 0 Å². The van der Waals surface area contributed by atoms with Gasteiger partial charge in [0.25, 0.3) is 0 Å². The first kappa shape index (κ1) is 22.9. The van der Waals surface area contributed by atoms with Crippen molar-refractivity contribution in [3.05, 3.63) is 87.5 Å². The minimum Gasteiger partial charge on any atom is -0.507 e. The zero-order valence-electron chi connectivity index (χ0n) is 19.2. The SMILES string of the molecule is CC(C)Cc1ccc(C(C)C)cc1-c1c(O)cc(CCCCc2ccccc2)oc1=O. The van der Waals surface area contributed by atoms with Crippen LogP contribution in [0.15, 0.2) is 63.8 Å². The van der Waals surface area contributed by atoms with Gasteiger partial charge < -0.3 is 9.52 Å². The third kappa shape index (κ3) is 6.10. The van der Waals surface area contributed by atoms with Gasteiger partial charge in [-0.25, -0.2) is 4.79 Å². The number of hydrogen-bond donors (Lipinski definition) is 1. The van der Waals surface area contributed by atoms with Crippen LogP contribution >= 0.6 is 0 Å². The zero-order chi connectivity index (χ0) is 22.4. The van der Waals surface area contributed by atoms with E-state index in [2.05, 4.69) is 52.0 Å². The molecule has 0 aliphatic rings. The van der Waals surface area contributed by atoms with Crippen LogP contribution in [-0.4, -0.2) is 5.11 Å². The van der Waals surface area contributed by atoms with E-state index in [1.54, 1.807) is 6.07 Å². The van der Waals surface area contributed by atoms with Crippen LogP contribution in [0.4, 0.5) is 0 Å². The molecule has 2 aromatic carbocycles. The summed E-state index contributed by atoms with van der Waals surface area (Å²) in [5, 5.41) is 10.8. The summed E-state index contributed by atoms with van der Waals surface area (Å²) in [6.07, 6.45) is 4.38. The van der Waals surface area contributed by atoms with E-state index < -0.39 is 5.63 Å². The molecule has 0 bridgehead atoms. The van der Waals surface area contributed by atoms with Crippen molar-refractivity contribution < 1.29 is 9.52 Å². The molecule has 3 aromatic rings. The van der Waals surface area contributed by atoms with Crippen molar-refractivity contribution in [2.24, 2.45) is 5.92 Å². The van der Waals surface area contributed by atoms with Crippen LogP contribution in [0, 0.1) is 5.92 Å². The Hall–Kier alpha value is -2.81. The number of benzene rings is 2. The van der Waals surface area contributed by atoms with E-state index in [4.69, 9.17) is 4.42 Å². The van der Waals surface area contributed by atoms with Gasteiger partial charge in [0, 0.05) is 12.5 Å².